The molecule has 6 heteroatoms. The molecule has 1 aromatic heterocycles. The Labute approximate surface area is 159 Å². The molecule has 1 fully saturated rings. The van der Waals surface area contributed by atoms with E-state index in [0.29, 0.717) is 24.9 Å². The molecule has 0 saturated carbocycles. The average Bonchev–Trinajstić information content (AvgIpc) is 3.07. The van der Waals surface area contributed by atoms with Gasteiger partial charge < -0.3 is 10.0 Å². The van der Waals surface area contributed by atoms with E-state index >= 15 is 0 Å². The Kier molecular flexibility index (Phi) is 5.09. The Balaban J connectivity index is 1.97. The van der Waals surface area contributed by atoms with Gasteiger partial charge in [-0.15, -0.1) is 0 Å². The number of likely N-dealkylation sites (tertiary alicyclic amines) is 1. The summed E-state index contributed by atoms with van der Waals surface area (Å²) in [7, 11) is 0. The summed E-state index contributed by atoms with van der Waals surface area (Å²) >= 11 is 0. The van der Waals surface area contributed by atoms with E-state index in [-0.39, 0.29) is 17.9 Å². The van der Waals surface area contributed by atoms with Crippen LogP contribution in [-0.2, 0) is 10.2 Å². The van der Waals surface area contributed by atoms with Gasteiger partial charge in [0.2, 0.25) is 0 Å². The number of carboxylic acids is 1. The normalized spacial score (nSPS) is 17.8. The van der Waals surface area contributed by atoms with Crippen molar-refractivity contribution in [3.05, 3.63) is 47.3 Å². The SMILES string of the molecule is Cc1ccc(-n2cc(C(=O)N3CCCC(C(=O)O)C3)c(C(C)(C)C)n2)cc1. The van der Waals surface area contributed by atoms with Crippen LogP contribution in [0.4, 0.5) is 0 Å². The summed E-state index contributed by atoms with van der Waals surface area (Å²) < 4.78 is 1.74. The second kappa shape index (κ2) is 7.18. The zero-order chi connectivity index (χ0) is 19.8. The molecule has 1 amide bonds. The Morgan fingerprint density at radius 1 is 1.19 bits per heavy atom. The lowest BCUT2D eigenvalue weighted by atomic mass is 9.89. The van der Waals surface area contributed by atoms with Crippen LogP contribution in [0.3, 0.4) is 0 Å². The van der Waals surface area contributed by atoms with E-state index in [2.05, 4.69) is 0 Å². The first-order valence-corrected chi connectivity index (χ1v) is 9.36. The van der Waals surface area contributed by atoms with Gasteiger partial charge in [0.05, 0.1) is 22.9 Å². The summed E-state index contributed by atoms with van der Waals surface area (Å²) in [4.78, 5) is 26.2. The summed E-state index contributed by atoms with van der Waals surface area (Å²) in [5, 5.41) is 14.0. The van der Waals surface area contributed by atoms with Crippen molar-refractivity contribution in [1.82, 2.24) is 14.7 Å². The molecule has 2 heterocycles. The Bertz CT molecular complexity index is 847. The number of aliphatic carboxylic acids is 1. The van der Waals surface area contributed by atoms with Crippen LogP contribution in [0.1, 0.15) is 55.2 Å². The molecule has 1 N–H and O–H groups in total. The molecule has 1 aliphatic heterocycles. The summed E-state index contributed by atoms with van der Waals surface area (Å²) in [6, 6.07) is 7.98. The minimum absolute atomic E-state index is 0.135. The summed E-state index contributed by atoms with van der Waals surface area (Å²) in [5.74, 6) is -1.46. The average molecular weight is 369 g/mol. The van der Waals surface area contributed by atoms with Crippen molar-refractivity contribution in [1.29, 1.82) is 0 Å². The number of hydrogen-bond acceptors (Lipinski definition) is 3. The van der Waals surface area contributed by atoms with Crippen LogP contribution in [0.2, 0.25) is 0 Å². The van der Waals surface area contributed by atoms with Crippen LogP contribution in [0, 0.1) is 12.8 Å². The molecular weight excluding hydrogens is 342 g/mol. The third-order valence-electron chi connectivity index (χ3n) is 5.01. The van der Waals surface area contributed by atoms with Crippen LogP contribution in [0.15, 0.2) is 30.5 Å². The van der Waals surface area contributed by atoms with Gasteiger partial charge in [0, 0.05) is 24.7 Å². The van der Waals surface area contributed by atoms with Crippen molar-refractivity contribution in [2.75, 3.05) is 13.1 Å². The van der Waals surface area contributed by atoms with Crippen LogP contribution >= 0.6 is 0 Å². The highest BCUT2D eigenvalue weighted by Crippen LogP contribution is 2.28. The smallest absolute Gasteiger partial charge is 0.308 e. The number of nitrogens with zero attached hydrogens (tertiary/aromatic N) is 3. The van der Waals surface area contributed by atoms with Gasteiger partial charge in [0.15, 0.2) is 0 Å². The minimum Gasteiger partial charge on any atom is -0.481 e. The number of benzene rings is 1. The lowest BCUT2D eigenvalue weighted by Gasteiger charge is -2.31. The number of rotatable bonds is 3. The molecular formula is C21H27N3O3. The predicted molar refractivity (Wildman–Crippen MR) is 103 cm³/mol. The fraction of sp³-hybridized carbons (Fsp3) is 0.476. The molecule has 0 aliphatic carbocycles. The van der Waals surface area contributed by atoms with Crippen LogP contribution in [0.25, 0.3) is 5.69 Å². The standard InChI is InChI=1S/C21H27N3O3/c1-14-7-9-16(10-8-14)24-13-17(18(22-24)21(2,3)4)19(25)23-11-5-6-15(12-23)20(26)27/h7-10,13,15H,5-6,11-12H2,1-4H3,(H,26,27). The van der Waals surface area contributed by atoms with Gasteiger partial charge in [-0.25, -0.2) is 4.68 Å². The van der Waals surface area contributed by atoms with Gasteiger partial charge in [-0.2, -0.15) is 5.10 Å². The van der Waals surface area contributed by atoms with Crippen molar-refractivity contribution >= 4 is 11.9 Å². The van der Waals surface area contributed by atoms with E-state index in [1.165, 1.54) is 0 Å². The maximum atomic E-state index is 13.2. The molecule has 0 radical (unpaired) electrons. The highest BCUT2D eigenvalue weighted by molar-refractivity contribution is 5.96. The number of amides is 1. The highest BCUT2D eigenvalue weighted by Gasteiger charge is 2.33. The van der Waals surface area contributed by atoms with E-state index in [4.69, 9.17) is 5.10 Å². The topological polar surface area (TPSA) is 75.4 Å². The number of piperidine rings is 1. The first-order valence-electron chi connectivity index (χ1n) is 9.36. The fourth-order valence-corrected chi connectivity index (χ4v) is 3.45. The largest absolute Gasteiger partial charge is 0.481 e. The molecule has 1 atom stereocenters. The second-order valence-electron chi connectivity index (χ2n) is 8.35. The third-order valence-corrected chi connectivity index (χ3v) is 5.01. The predicted octanol–water partition coefficient (Wildman–Crippen LogP) is 3.42. The number of hydrogen-bond donors (Lipinski definition) is 1. The van der Waals surface area contributed by atoms with E-state index in [9.17, 15) is 14.7 Å². The third kappa shape index (κ3) is 4.04. The molecule has 0 bridgehead atoms. The molecule has 3 rings (SSSR count). The Hall–Kier alpha value is -2.63. The van der Waals surface area contributed by atoms with Gasteiger partial charge in [-0.1, -0.05) is 38.5 Å². The number of carbonyl (C=O) groups is 2. The maximum Gasteiger partial charge on any atom is 0.308 e. The second-order valence-corrected chi connectivity index (χ2v) is 8.35. The quantitative estimate of drug-likeness (QED) is 0.899. The van der Waals surface area contributed by atoms with Crippen LogP contribution < -0.4 is 0 Å². The van der Waals surface area contributed by atoms with Gasteiger partial charge in [-0.05, 0) is 31.9 Å². The van der Waals surface area contributed by atoms with Gasteiger partial charge in [0.1, 0.15) is 0 Å². The van der Waals surface area contributed by atoms with Crippen molar-refractivity contribution < 1.29 is 14.7 Å². The van der Waals surface area contributed by atoms with Crippen LogP contribution in [-0.4, -0.2) is 44.8 Å². The zero-order valence-corrected chi connectivity index (χ0v) is 16.4. The summed E-state index contributed by atoms with van der Waals surface area (Å²) in [6.45, 7) is 8.96. The summed E-state index contributed by atoms with van der Waals surface area (Å²) in [6.07, 6.45) is 3.10. The maximum absolute atomic E-state index is 13.2. The van der Waals surface area contributed by atoms with E-state index in [0.717, 1.165) is 16.9 Å². The lowest BCUT2D eigenvalue weighted by Crippen LogP contribution is -2.42. The number of aryl methyl sites for hydroxylation is 1. The number of carboxylic acid groups (broad SMARTS) is 1. The molecule has 6 nitrogen and oxygen atoms in total. The van der Waals surface area contributed by atoms with Crippen molar-refractivity contribution in [3.8, 4) is 5.69 Å². The van der Waals surface area contributed by atoms with Crippen LogP contribution in [0.5, 0.6) is 0 Å². The zero-order valence-electron chi connectivity index (χ0n) is 16.4. The minimum atomic E-state index is -0.834. The first-order chi connectivity index (χ1) is 12.7. The highest BCUT2D eigenvalue weighted by atomic mass is 16.4. The monoisotopic (exact) mass is 369 g/mol. The van der Waals surface area contributed by atoms with Gasteiger partial charge in [0.25, 0.3) is 5.91 Å². The van der Waals surface area contributed by atoms with Crippen molar-refractivity contribution in [2.24, 2.45) is 5.92 Å². The molecule has 1 saturated heterocycles. The first kappa shape index (κ1) is 19.1. The number of aromatic nitrogens is 2. The Morgan fingerprint density at radius 2 is 1.85 bits per heavy atom. The molecule has 0 spiro atoms. The fourth-order valence-electron chi connectivity index (χ4n) is 3.45. The summed E-state index contributed by atoms with van der Waals surface area (Å²) in [5.41, 5.74) is 3.03. The lowest BCUT2D eigenvalue weighted by molar-refractivity contribution is -0.143. The van der Waals surface area contributed by atoms with E-state index in [1.807, 2.05) is 52.0 Å². The molecule has 27 heavy (non-hydrogen) atoms. The molecule has 144 valence electrons. The molecule has 1 aliphatic rings. The van der Waals surface area contributed by atoms with Gasteiger partial charge in [-0.3, -0.25) is 9.59 Å². The van der Waals surface area contributed by atoms with Crippen molar-refractivity contribution in [2.45, 2.75) is 46.0 Å². The molecule has 1 unspecified atom stereocenters. The molecule has 1 aromatic carbocycles. The number of carbonyl (C=O) groups excluding carboxylic acids is 1. The van der Waals surface area contributed by atoms with E-state index in [1.54, 1.807) is 15.8 Å². The molecule has 2 aromatic rings. The Morgan fingerprint density at radius 3 is 2.44 bits per heavy atom. The van der Waals surface area contributed by atoms with E-state index < -0.39 is 11.9 Å². The van der Waals surface area contributed by atoms with Gasteiger partial charge >= 0.3 is 5.97 Å². The van der Waals surface area contributed by atoms with Crippen molar-refractivity contribution in [3.63, 3.8) is 0 Å².